The molecule has 1 aromatic heterocycles. The van der Waals surface area contributed by atoms with Gasteiger partial charge in [0, 0.05) is 25.7 Å². The van der Waals surface area contributed by atoms with E-state index < -0.39 is 51.9 Å². The van der Waals surface area contributed by atoms with Crippen LogP contribution in [0.1, 0.15) is 24.1 Å². The number of benzene rings is 1. The zero-order valence-corrected chi connectivity index (χ0v) is 18.7. The number of amides is 1. The molecule has 14 heteroatoms. The Labute approximate surface area is 196 Å². The van der Waals surface area contributed by atoms with Gasteiger partial charge in [-0.05, 0) is 36.3 Å². The molecule has 1 aliphatic heterocycles. The molecule has 0 saturated heterocycles. The highest BCUT2D eigenvalue weighted by Gasteiger charge is 2.33. The van der Waals surface area contributed by atoms with Crippen LogP contribution in [0.4, 0.5) is 31.1 Å². The van der Waals surface area contributed by atoms with E-state index in [1.54, 1.807) is 6.07 Å². The number of carbonyl (C=O) groups is 1. The van der Waals surface area contributed by atoms with Crippen molar-refractivity contribution in [2.24, 2.45) is 0 Å². The second-order valence-corrected chi connectivity index (χ2v) is 9.35. The molecule has 1 aliphatic rings. The second-order valence-electron chi connectivity index (χ2n) is 7.41. The number of aromatic nitrogens is 1. The zero-order chi connectivity index (χ0) is 25.9. The van der Waals surface area contributed by atoms with Gasteiger partial charge in [-0.15, -0.1) is 0 Å². The number of sulfonamides is 1. The van der Waals surface area contributed by atoms with E-state index in [0.717, 1.165) is 22.5 Å². The van der Waals surface area contributed by atoms with Crippen LogP contribution in [0.2, 0.25) is 0 Å². The first-order valence-corrected chi connectivity index (χ1v) is 11.6. The van der Waals surface area contributed by atoms with Crippen LogP contribution < -0.4 is 10.1 Å². The van der Waals surface area contributed by atoms with Gasteiger partial charge in [-0.1, -0.05) is 18.2 Å². The van der Waals surface area contributed by atoms with E-state index >= 15 is 0 Å². The molecule has 0 atom stereocenters. The summed E-state index contributed by atoms with van der Waals surface area (Å²) in [5, 5.41) is 1.96. The number of ether oxygens (including phenoxy) is 1. The van der Waals surface area contributed by atoms with E-state index in [2.05, 4.69) is 4.98 Å². The van der Waals surface area contributed by atoms with Gasteiger partial charge in [0.15, 0.2) is 0 Å². The predicted octanol–water partition coefficient (Wildman–Crippen LogP) is 4.62. The van der Waals surface area contributed by atoms with E-state index in [0.29, 0.717) is 17.3 Å². The fourth-order valence-corrected chi connectivity index (χ4v) is 4.60. The van der Waals surface area contributed by atoms with Crippen LogP contribution in [0.5, 0.6) is 5.88 Å². The maximum Gasteiger partial charge on any atom is 0.416 e. The Morgan fingerprint density at radius 3 is 2.43 bits per heavy atom. The molecule has 1 amide bonds. The standard InChI is InChI=1S/C21H19F6N3O4S/c22-20(23,24)9-10-28-19(31)34-18-6-2-5-17(29-18)14-7-11-30(12-8-14)35(32,33)16-4-1-3-15(13-16)21(25,26)27/h1-7,13H,8-12H2,(H,28,31). The molecule has 35 heavy (non-hydrogen) atoms. The molecule has 0 saturated carbocycles. The van der Waals surface area contributed by atoms with Gasteiger partial charge >= 0.3 is 18.4 Å². The Hall–Kier alpha value is -3.13. The van der Waals surface area contributed by atoms with Gasteiger partial charge in [0.1, 0.15) is 0 Å². The minimum atomic E-state index is -4.69. The average Bonchev–Trinajstić information content (AvgIpc) is 2.78. The molecule has 0 aliphatic carbocycles. The third kappa shape index (κ3) is 7.18. The molecule has 0 spiro atoms. The smallest absolute Gasteiger partial charge is 0.391 e. The lowest BCUT2D eigenvalue weighted by Gasteiger charge is -2.26. The summed E-state index contributed by atoms with van der Waals surface area (Å²) in [6.07, 6.45) is -9.75. The van der Waals surface area contributed by atoms with Gasteiger partial charge in [-0.2, -0.15) is 30.6 Å². The molecule has 1 N–H and O–H groups in total. The van der Waals surface area contributed by atoms with Crippen LogP contribution in [-0.2, 0) is 16.2 Å². The van der Waals surface area contributed by atoms with Gasteiger partial charge in [-0.3, -0.25) is 0 Å². The molecule has 1 aromatic carbocycles. The van der Waals surface area contributed by atoms with Crippen molar-refractivity contribution in [3.05, 3.63) is 59.8 Å². The van der Waals surface area contributed by atoms with Crippen molar-refractivity contribution < 1.29 is 44.3 Å². The van der Waals surface area contributed by atoms with Crippen LogP contribution in [0.3, 0.4) is 0 Å². The number of hydrogen-bond acceptors (Lipinski definition) is 5. The zero-order valence-electron chi connectivity index (χ0n) is 17.9. The molecule has 190 valence electrons. The number of halogens is 6. The molecule has 0 radical (unpaired) electrons. The molecule has 2 heterocycles. The topological polar surface area (TPSA) is 88.6 Å². The van der Waals surface area contributed by atoms with Gasteiger partial charge in [0.05, 0.1) is 22.6 Å². The minimum Gasteiger partial charge on any atom is -0.391 e. The molecular formula is C21H19F6N3O4S. The molecule has 2 aromatic rings. The summed E-state index contributed by atoms with van der Waals surface area (Å²) < 4.78 is 107. The quantitative estimate of drug-likeness (QED) is 0.559. The maximum atomic E-state index is 13.0. The van der Waals surface area contributed by atoms with E-state index in [1.165, 1.54) is 18.2 Å². The summed E-state index contributed by atoms with van der Waals surface area (Å²) in [7, 11) is -4.18. The van der Waals surface area contributed by atoms with Crippen LogP contribution in [0, 0.1) is 0 Å². The normalized spacial score (nSPS) is 15.4. The summed E-state index contributed by atoms with van der Waals surface area (Å²) in [6.45, 7) is -0.822. The van der Waals surface area contributed by atoms with Crippen molar-refractivity contribution in [1.82, 2.24) is 14.6 Å². The Kier molecular flexibility index (Phi) is 7.74. The molecule has 0 unspecified atom stereocenters. The van der Waals surface area contributed by atoms with Gasteiger partial charge in [0.2, 0.25) is 15.9 Å². The van der Waals surface area contributed by atoms with Crippen molar-refractivity contribution in [2.75, 3.05) is 19.6 Å². The summed E-state index contributed by atoms with van der Waals surface area (Å²) in [4.78, 5) is 15.3. The van der Waals surface area contributed by atoms with E-state index in [4.69, 9.17) is 4.74 Å². The number of rotatable bonds is 6. The van der Waals surface area contributed by atoms with Crippen molar-refractivity contribution in [3.8, 4) is 5.88 Å². The first-order valence-electron chi connectivity index (χ1n) is 10.1. The fraction of sp³-hybridized carbons (Fsp3) is 0.333. The fourth-order valence-electron chi connectivity index (χ4n) is 3.17. The minimum absolute atomic E-state index is 0.0326. The van der Waals surface area contributed by atoms with Crippen molar-refractivity contribution in [1.29, 1.82) is 0 Å². The highest BCUT2D eigenvalue weighted by atomic mass is 32.2. The summed E-state index contributed by atoms with van der Waals surface area (Å²) in [6, 6.07) is 7.86. The lowest BCUT2D eigenvalue weighted by atomic mass is 10.1. The van der Waals surface area contributed by atoms with E-state index in [9.17, 15) is 39.6 Å². The number of nitrogens with one attached hydrogen (secondary N) is 1. The van der Waals surface area contributed by atoms with Crippen LogP contribution in [0.15, 0.2) is 53.4 Å². The second kappa shape index (κ2) is 10.2. The average molecular weight is 523 g/mol. The molecule has 7 nitrogen and oxygen atoms in total. The Morgan fingerprint density at radius 2 is 1.80 bits per heavy atom. The van der Waals surface area contributed by atoms with Crippen molar-refractivity contribution in [3.63, 3.8) is 0 Å². The Bertz CT molecular complexity index is 1210. The van der Waals surface area contributed by atoms with Crippen LogP contribution in [-0.4, -0.2) is 49.6 Å². The van der Waals surface area contributed by atoms with Gasteiger partial charge in [0.25, 0.3) is 0 Å². The molecule has 0 fully saturated rings. The highest BCUT2D eigenvalue weighted by Crippen LogP contribution is 2.32. The van der Waals surface area contributed by atoms with Crippen LogP contribution in [0.25, 0.3) is 5.57 Å². The SMILES string of the molecule is O=C(NCCC(F)(F)F)Oc1cccc(C2=CCN(S(=O)(=O)c3cccc(C(F)(F)F)c3)CC2)n1. The van der Waals surface area contributed by atoms with Crippen LogP contribution >= 0.6 is 0 Å². The van der Waals surface area contributed by atoms with Crippen molar-refractivity contribution in [2.45, 2.75) is 30.1 Å². The van der Waals surface area contributed by atoms with Crippen molar-refractivity contribution >= 4 is 21.7 Å². The van der Waals surface area contributed by atoms with E-state index in [1.807, 2.05) is 5.32 Å². The number of pyridine rings is 1. The highest BCUT2D eigenvalue weighted by molar-refractivity contribution is 7.89. The number of carbonyl (C=O) groups excluding carboxylic acids is 1. The lowest BCUT2D eigenvalue weighted by Crippen LogP contribution is -2.35. The number of alkyl halides is 6. The third-order valence-electron chi connectivity index (χ3n) is 4.90. The summed E-state index contributed by atoms with van der Waals surface area (Å²) in [5.41, 5.74) is -0.125. The maximum absolute atomic E-state index is 13.0. The molecular weight excluding hydrogens is 504 g/mol. The Morgan fingerprint density at radius 1 is 1.09 bits per heavy atom. The third-order valence-corrected chi connectivity index (χ3v) is 6.76. The first-order chi connectivity index (χ1) is 16.3. The lowest BCUT2D eigenvalue weighted by molar-refractivity contribution is -0.137. The first kappa shape index (κ1) is 26.5. The largest absolute Gasteiger partial charge is 0.416 e. The predicted molar refractivity (Wildman–Crippen MR) is 112 cm³/mol. The molecule has 0 bridgehead atoms. The van der Waals surface area contributed by atoms with Gasteiger partial charge in [-0.25, -0.2) is 18.2 Å². The number of nitrogens with zero attached hydrogens (tertiary/aromatic N) is 2. The van der Waals surface area contributed by atoms with E-state index in [-0.39, 0.29) is 25.4 Å². The summed E-state index contributed by atoms with van der Waals surface area (Å²) >= 11 is 0. The molecule has 3 rings (SSSR count). The Balaban J connectivity index is 1.67. The monoisotopic (exact) mass is 523 g/mol. The van der Waals surface area contributed by atoms with Gasteiger partial charge < -0.3 is 10.1 Å². The summed E-state index contributed by atoms with van der Waals surface area (Å²) in [5.74, 6) is -0.174. The number of hydrogen-bond donors (Lipinski definition) is 1.